The first-order valence-corrected chi connectivity index (χ1v) is 10.8. The van der Waals surface area contributed by atoms with E-state index in [1.54, 1.807) is 39.4 Å². The van der Waals surface area contributed by atoms with Crippen LogP contribution >= 0.6 is 0 Å². The maximum absolute atomic E-state index is 13.9. The van der Waals surface area contributed by atoms with E-state index >= 15 is 0 Å². The van der Waals surface area contributed by atoms with Crippen molar-refractivity contribution in [2.24, 2.45) is 0 Å². The number of hydrogen-bond acceptors (Lipinski definition) is 5. The second-order valence-electron chi connectivity index (χ2n) is 8.94. The summed E-state index contributed by atoms with van der Waals surface area (Å²) in [4.78, 5) is 25.4. The molecule has 0 bridgehead atoms. The number of carbonyl (C=O) groups is 1. The number of amides is 1. The van der Waals surface area contributed by atoms with Gasteiger partial charge in [-0.2, -0.15) is 0 Å². The Morgan fingerprint density at radius 3 is 2.50 bits per heavy atom. The number of ether oxygens (including phenoxy) is 1. The Kier molecular flexibility index (Phi) is 6.49. The molecule has 1 atom stereocenters. The first-order chi connectivity index (χ1) is 16.2. The molecular formula is C26H24F2N4O2. The van der Waals surface area contributed by atoms with Gasteiger partial charge in [-0.3, -0.25) is 4.98 Å². The number of rotatable bonds is 5. The fraction of sp³-hybridized carbons (Fsp3) is 0.231. The van der Waals surface area contributed by atoms with Crippen LogP contribution in [0.3, 0.4) is 0 Å². The molecular weight excluding hydrogens is 438 g/mol. The highest BCUT2D eigenvalue weighted by Crippen LogP contribution is 2.30. The maximum Gasteiger partial charge on any atom is 0.408 e. The minimum absolute atomic E-state index is 0.0927. The third-order valence-corrected chi connectivity index (χ3v) is 5.08. The Labute approximate surface area is 196 Å². The van der Waals surface area contributed by atoms with Crippen molar-refractivity contribution in [3.8, 4) is 11.1 Å². The topological polar surface area (TPSA) is 77.0 Å². The lowest BCUT2D eigenvalue weighted by Crippen LogP contribution is -2.36. The van der Waals surface area contributed by atoms with Crippen LogP contribution in [0, 0.1) is 11.6 Å². The molecule has 2 aromatic carbocycles. The fourth-order valence-electron chi connectivity index (χ4n) is 3.72. The lowest BCUT2D eigenvalue weighted by molar-refractivity contribution is 0.0502. The molecule has 6 nitrogen and oxygen atoms in total. The number of aromatic nitrogens is 3. The Bertz CT molecular complexity index is 1320. The molecule has 0 spiro atoms. The van der Waals surface area contributed by atoms with Crippen LogP contribution in [0.5, 0.6) is 0 Å². The maximum atomic E-state index is 13.9. The molecule has 0 saturated carbocycles. The molecule has 0 fully saturated rings. The molecule has 174 valence electrons. The summed E-state index contributed by atoms with van der Waals surface area (Å²) in [6.07, 6.45) is 5.94. The smallest absolute Gasteiger partial charge is 0.408 e. The Morgan fingerprint density at radius 1 is 1.00 bits per heavy atom. The Hall–Kier alpha value is -3.94. The van der Waals surface area contributed by atoms with Gasteiger partial charge < -0.3 is 10.1 Å². The number of pyridine rings is 1. The molecule has 2 aromatic heterocycles. The van der Waals surface area contributed by atoms with E-state index < -0.39 is 29.4 Å². The predicted octanol–water partition coefficient (Wildman–Crippen LogP) is 5.78. The van der Waals surface area contributed by atoms with Gasteiger partial charge in [-0.05, 0) is 68.0 Å². The lowest BCUT2D eigenvalue weighted by atomic mass is 9.95. The van der Waals surface area contributed by atoms with E-state index in [0.29, 0.717) is 16.8 Å². The van der Waals surface area contributed by atoms with Crippen molar-refractivity contribution in [2.45, 2.75) is 38.8 Å². The van der Waals surface area contributed by atoms with Crippen molar-refractivity contribution in [1.29, 1.82) is 0 Å². The predicted molar refractivity (Wildman–Crippen MR) is 125 cm³/mol. The summed E-state index contributed by atoms with van der Waals surface area (Å²) in [5.74, 6) is -1.39. The number of alkyl carbamates (subject to hydrolysis) is 1. The van der Waals surface area contributed by atoms with Gasteiger partial charge in [-0.15, -0.1) is 0 Å². The van der Waals surface area contributed by atoms with Crippen molar-refractivity contribution in [3.63, 3.8) is 0 Å². The van der Waals surface area contributed by atoms with Gasteiger partial charge in [0.05, 0.1) is 11.7 Å². The van der Waals surface area contributed by atoms with Crippen molar-refractivity contribution in [2.75, 3.05) is 0 Å². The summed E-state index contributed by atoms with van der Waals surface area (Å²) in [7, 11) is 0. The van der Waals surface area contributed by atoms with Gasteiger partial charge in [0.2, 0.25) is 0 Å². The highest BCUT2D eigenvalue weighted by atomic mass is 19.1. The van der Waals surface area contributed by atoms with Crippen molar-refractivity contribution in [1.82, 2.24) is 20.3 Å². The van der Waals surface area contributed by atoms with Crippen LogP contribution in [-0.2, 0) is 11.2 Å². The van der Waals surface area contributed by atoms with Crippen LogP contribution in [0.15, 0.2) is 67.4 Å². The number of nitrogens with one attached hydrogen (secondary N) is 1. The third kappa shape index (κ3) is 5.70. The quantitative estimate of drug-likeness (QED) is 0.407. The van der Waals surface area contributed by atoms with E-state index in [2.05, 4.69) is 20.3 Å². The van der Waals surface area contributed by atoms with Gasteiger partial charge in [0.1, 0.15) is 23.6 Å². The van der Waals surface area contributed by atoms with Gasteiger partial charge in [-0.1, -0.05) is 12.1 Å². The minimum atomic E-state index is -0.734. The minimum Gasteiger partial charge on any atom is -0.444 e. The molecule has 1 unspecified atom stereocenters. The normalized spacial score (nSPS) is 12.4. The van der Waals surface area contributed by atoms with Gasteiger partial charge >= 0.3 is 6.09 Å². The van der Waals surface area contributed by atoms with E-state index in [9.17, 15) is 13.6 Å². The number of nitrogens with zero attached hydrogens (tertiary/aromatic N) is 3. The van der Waals surface area contributed by atoms with Crippen LogP contribution in [0.1, 0.15) is 38.1 Å². The van der Waals surface area contributed by atoms with E-state index in [1.165, 1.54) is 18.5 Å². The lowest BCUT2D eigenvalue weighted by Gasteiger charge is -2.24. The molecule has 4 aromatic rings. The summed E-state index contributed by atoms with van der Waals surface area (Å²) in [5.41, 5.74) is 1.65. The zero-order valence-corrected chi connectivity index (χ0v) is 19.0. The number of benzene rings is 2. The average molecular weight is 463 g/mol. The molecule has 0 aliphatic carbocycles. The molecule has 1 amide bonds. The molecule has 1 N–H and O–H groups in total. The second kappa shape index (κ2) is 9.51. The average Bonchev–Trinajstić information content (AvgIpc) is 2.76. The summed E-state index contributed by atoms with van der Waals surface area (Å²) in [5, 5.41) is 4.77. The number of fused-ring (bicyclic) bond motifs is 1. The number of carbonyl (C=O) groups excluding carboxylic acids is 1. The Balaban J connectivity index is 1.76. The number of halogens is 2. The summed E-state index contributed by atoms with van der Waals surface area (Å²) in [6, 6.07) is 10.3. The van der Waals surface area contributed by atoms with Gasteiger partial charge in [0, 0.05) is 35.6 Å². The van der Waals surface area contributed by atoms with Crippen molar-refractivity contribution < 1.29 is 18.3 Å². The Morgan fingerprint density at radius 2 is 1.76 bits per heavy atom. The highest BCUT2D eigenvalue weighted by Gasteiger charge is 2.25. The van der Waals surface area contributed by atoms with Gasteiger partial charge in [-0.25, -0.2) is 23.5 Å². The second-order valence-corrected chi connectivity index (χ2v) is 8.94. The molecule has 4 rings (SSSR count). The molecule has 0 saturated heterocycles. The third-order valence-electron chi connectivity index (χ3n) is 5.08. The summed E-state index contributed by atoms with van der Waals surface area (Å²) < 4.78 is 33.2. The summed E-state index contributed by atoms with van der Waals surface area (Å²) >= 11 is 0. The van der Waals surface area contributed by atoms with E-state index in [-0.39, 0.29) is 6.42 Å². The van der Waals surface area contributed by atoms with Crippen molar-refractivity contribution >= 4 is 16.9 Å². The van der Waals surface area contributed by atoms with Crippen molar-refractivity contribution in [3.05, 3.63) is 90.3 Å². The van der Waals surface area contributed by atoms with Gasteiger partial charge in [0.25, 0.3) is 0 Å². The van der Waals surface area contributed by atoms with Crippen LogP contribution in [0.2, 0.25) is 0 Å². The molecule has 8 heteroatoms. The molecule has 0 aliphatic heterocycles. The molecule has 34 heavy (non-hydrogen) atoms. The monoisotopic (exact) mass is 462 g/mol. The first kappa shape index (κ1) is 23.2. The molecule has 2 heterocycles. The van der Waals surface area contributed by atoms with Crippen LogP contribution in [-0.4, -0.2) is 26.6 Å². The summed E-state index contributed by atoms with van der Waals surface area (Å²) in [6.45, 7) is 5.26. The van der Waals surface area contributed by atoms with E-state index in [4.69, 9.17) is 4.74 Å². The largest absolute Gasteiger partial charge is 0.444 e. The number of hydrogen-bond donors (Lipinski definition) is 1. The van der Waals surface area contributed by atoms with Gasteiger partial charge in [0.15, 0.2) is 0 Å². The zero-order valence-electron chi connectivity index (χ0n) is 19.0. The SMILES string of the molecule is CC(C)(C)OC(=O)NC(Cc1cc(F)cc(F)c1)c1ncncc1-c1ccc2cnccc2c1. The molecule has 0 aliphatic rings. The highest BCUT2D eigenvalue weighted by molar-refractivity contribution is 5.87. The van der Waals surface area contributed by atoms with E-state index in [0.717, 1.165) is 22.4 Å². The zero-order chi connectivity index (χ0) is 24.3. The van der Waals surface area contributed by atoms with Crippen LogP contribution in [0.4, 0.5) is 13.6 Å². The fourth-order valence-corrected chi connectivity index (χ4v) is 3.72. The standard InChI is InChI=1S/C26H24F2N4O2/c1-26(2,3)34-25(33)32-23(10-16-8-20(27)12-21(28)9-16)24-22(14-30-15-31-24)18-4-5-19-13-29-7-6-17(19)11-18/h4-9,11-15,23H,10H2,1-3H3,(H,32,33). The van der Waals surface area contributed by atoms with Crippen LogP contribution in [0.25, 0.3) is 21.9 Å². The molecule has 0 radical (unpaired) electrons. The van der Waals surface area contributed by atoms with E-state index in [1.807, 2.05) is 24.3 Å². The van der Waals surface area contributed by atoms with Crippen LogP contribution < -0.4 is 5.32 Å². The first-order valence-electron chi connectivity index (χ1n) is 10.8.